The average Bonchev–Trinajstić information content (AvgIpc) is 2.44. The van der Waals surface area contributed by atoms with E-state index in [1.54, 1.807) is 0 Å². The fourth-order valence-corrected chi connectivity index (χ4v) is 3.22. The standard InChI is InChI=1S/C10H15BrN2S/c1-13(5-8-3-12-4-8)6-10-2-9(11)7-14-10/h2,7-8,12H,3-6H2,1H3. The van der Waals surface area contributed by atoms with Crippen molar-refractivity contribution in [3.8, 4) is 0 Å². The fraction of sp³-hybridized carbons (Fsp3) is 0.600. The summed E-state index contributed by atoms with van der Waals surface area (Å²) in [6.45, 7) is 4.67. The van der Waals surface area contributed by atoms with E-state index in [4.69, 9.17) is 0 Å². The van der Waals surface area contributed by atoms with Gasteiger partial charge in [0.25, 0.3) is 0 Å². The van der Waals surface area contributed by atoms with Crippen molar-refractivity contribution in [1.82, 2.24) is 10.2 Å². The molecule has 0 bridgehead atoms. The van der Waals surface area contributed by atoms with Crippen molar-refractivity contribution in [3.05, 3.63) is 20.8 Å². The van der Waals surface area contributed by atoms with Gasteiger partial charge in [-0.25, -0.2) is 0 Å². The van der Waals surface area contributed by atoms with Gasteiger partial charge in [0.05, 0.1) is 0 Å². The molecule has 2 rings (SSSR count). The van der Waals surface area contributed by atoms with Gasteiger partial charge in [-0.3, -0.25) is 0 Å². The molecule has 1 fully saturated rings. The predicted molar refractivity (Wildman–Crippen MR) is 64.7 cm³/mol. The van der Waals surface area contributed by atoms with Crippen molar-refractivity contribution in [2.45, 2.75) is 6.54 Å². The van der Waals surface area contributed by atoms with Gasteiger partial charge in [0.1, 0.15) is 0 Å². The van der Waals surface area contributed by atoms with Crippen molar-refractivity contribution >= 4 is 27.3 Å². The highest BCUT2D eigenvalue weighted by atomic mass is 79.9. The van der Waals surface area contributed by atoms with Crippen LogP contribution >= 0.6 is 27.3 Å². The molecular weight excluding hydrogens is 260 g/mol. The zero-order chi connectivity index (χ0) is 9.97. The quantitative estimate of drug-likeness (QED) is 0.906. The zero-order valence-electron chi connectivity index (χ0n) is 8.29. The van der Waals surface area contributed by atoms with Crippen LogP contribution in [0.4, 0.5) is 0 Å². The van der Waals surface area contributed by atoms with Crippen LogP contribution in [0.2, 0.25) is 0 Å². The van der Waals surface area contributed by atoms with E-state index in [2.05, 4.69) is 44.6 Å². The number of nitrogens with one attached hydrogen (secondary N) is 1. The number of hydrogen-bond acceptors (Lipinski definition) is 3. The van der Waals surface area contributed by atoms with E-state index in [1.165, 1.54) is 29.0 Å². The van der Waals surface area contributed by atoms with Crippen molar-refractivity contribution in [2.24, 2.45) is 5.92 Å². The Morgan fingerprint density at radius 3 is 2.93 bits per heavy atom. The Kier molecular flexibility index (Phi) is 3.60. The van der Waals surface area contributed by atoms with Crippen LogP contribution in [0, 0.1) is 5.92 Å². The molecule has 1 saturated heterocycles. The highest BCUT2D eigenvalue weighted by Gasteiger charge is 2.18. The van der Waals surface area contributed by atoms with E-state index in [0.717, 1.165) is 12.5 Å². The molecule has 4 heteroatoms. The lowest BCUT2D eigenvalue weighted by Gasteiger charge is -2.31. The first kappa shape index (κ1) is 10.6. The maximum Gasteiger partial charge on any atom is 0.0325 e. The molecule has 1 aromatic rings. The van der Waals surface area contributed by atoms with Crippen LogP contribution in [0.15, 0.2) is 15.9 Å². The topological polar surface area (TPSA) is 15.3 Å². The second kappa shape index (κ2) is 4.75. The van der Waals surface area contributed by atoms with Gasteiger partial charge in [-0.15, -0.1) is 11.3 Å². The third kappa shape index (κ3) is 2.79. The van der Waals surface area contributed by atoms with Crippen molar-refractivity contribution in [2.75, 3.05) is 26.7 Å². The number of hydrogen-bond donors (Lipinski definition) is 1. The van der Waals surface area contributed by atoms with Gasteiger partial charge in [-0.1, -0.05) is 0 Å². The first-order valence-corrected chi connectivity index (χ1v) is 6.53. The number of nitrogens with zero attached hydrogens (tertiary/aromatic N) is 1. The van der Waals surface area contributed by atoms with Gasteiger partial charge in [-0.2, -0.15) is 0 Å². The molecule has 0 atom stereocenters. The van der Waals surface area contributed by atoms with Crippen molar-refractivity contribution in [3.63, 3.8) is 0 Å². The molecule has 0 amide bonds. The summed E-state index contributed by atoms with van der Waals surface area (Å²) >= 11 is 5.31. The summed E-state index contributed by atoms with van der Waals surface area (Å²) < 4.78 is 1.20. The maximum atomic E-state index is 3.48. The molecule has 0 aromatic carbocycles. The molecular formula is C10H15BrN2S. The second-order valence-electron chi connectivity index (χ2n) is 3.95. The molecule has 14 heavy (non-hydrogen) atoms. The first-order valence-electron chi connectivity index (χ1n) is 4.86. The van der Waals surface area contributed by atoms with Crippen LogP contribution < -0.4 is 5.32 Å². The highest BCUT2D eigenvalue weighted by Crippen LogP contribution is 2.21. The van der Waals surface area contributed by atoms with Gasteiger partial charge in [0.15, 0.2) is 0 Å². The second-order valence-corrected chi connectivity index (χ2v) is 5.86. The Morgan fingerprint density at radius 2 is 2.43 bits per heavy atom. The molecule has 0 unspecified atom stereocenters. The molecule has 1 N–H and O–H groups in total. The van der Waals surface area contributed by atoms with E-state index in [9.17, 15) is 0 Å². The highest BCUT2D eigenvalue weighted by molar-refractivity contribution is 9.10. The SMILES string of the molecule is CN(Cc1cc(Br)cs1)CC1CNC1. The normalized spacial score (nSPS) is 17.4. The Bertz CT molecular complexity index is 296. The van der Waals surface area contributed by atoms with Crippen LogP contribution in [-0.4, -0.2) is 31.6 Å². The molecule has 2 nitrogen and oxygen atoms in total. The molecule has 2 heterocycles. The number of halogens is 1. The third-order valence-electron chi connectivity index (χ3n) is 2.48. The monoisotopic (exact) mass is 274 g/mol. The molecule has 1 aliphatic heterocycles. The molecule has 1 aliphatic rings. The number of thiophene rings is 1. The molecule has 0 radical (unpaired) electrons. The summed E-state index contributed by atoms with van der Waals surface area (Å²) in [5.74, 6) is 0.864. The molecule has 0 saturated carbocycles. The Morgan fingerprint density at radius 1 is 1.64 bits per heavy atom. The van der Waals surface area contributed by atoms with Gasteiger partial charge in [-0.05, 0) is 35.0 Å². The average molecular weight is 275 g/mol. The molecule has 78 valence electrons. The molecule has 1 aromatic heterocycles. The van der Waals surface area contributed by atoms with Gasteiger partial charge < -0.3 is 10.2 Å². The van der Waals surface area contributed by atoms with Crippen LogP contribution in [0.5, 0.6) is 0 Å². The summed E-state index contributed by atoms with van der Waals surface area (Å²) in [7, 11) is 2.20. The minimum atomic E-state index is 0.864. The Balaban J connectivity index is 1.78. The van der Waals surface area contributed by atoms with Gasteiger partial charge in [0.2, 0.25) is 0 Å². The van der Waals surface area contributed by atoms with Gasteiger partial charge in [0, 0.05) is 40.9 Å². The zero-order valence-corrected chi connectivity index (χ0v) is 10.7. The minimum Gasteiger partial charge on any atom is -0.316 e. The largest absolute Gasteiger partial charge is 0.316 e. The summed E-state index contributed by atoms with van der Waals surface area (Å²) in [6, 6.07) is 2.21. The van der Waals surface area contributed by atoms with E-state index >= 15 is 0 Å². The van der Waals surface area contributed by atoms with E-state index in [0.29, 0.717) is 0 Å². The number of rotatable bonds is 4. The summed E-state index contributed by atoms with van der Waals surface area (Å²) in [5, 5.41) is 5.45. The lowest BCUT2D eigenvalue weighted by Crippen LogP contribution is -2.47. The third-order valence-corrected chi connectivity index (χ3v) is 4.17. The first-order chi connectivity index (χ1) is 6.74. The Hall–Kier alpha value is 0.1000. The predicted octanol–water partition coefficient (Wildman–Crippen LogP) is 2.16. The van der Waals surface area contributed by atoms with Crippen LogP contribution in [0.3, 0.4) is 0 Å². The molecule has 0 spiro atoms. The van der Waals surface area contributed by atoms with Crippen LogP contribution in [0.25, 0.3) is 0 Å². The van der Waals surface area contributed by atoms with E-state index in [-0.39, 0.29) is 0 Å². The summed E-state index contributed by atoms with van der Waals surface area (Å²) in [5.41, 5.74) is 0. The Labute approximate surface area is 97.4 Å². The lowest BCUT2D eigenvalue weighted by atomic mass is 10.0. The van der Waals surface area contributed by atoms with E-state index in [1.807, 2.05) is 11.3 Å². The maximum absolute atomic E-state index is 3.48. The smallest absolute Gasteiger partial charge is 0.0325 e. The van der Waals surface area contributed by atoms with Crippen LogP contribution in [-0.2, 0) is 6.54 Å². The fourth-order valence-electron chi connectivity index (χ4n) is 1.69. The van der Waals surface area contributed by atoms with Gasteiger partial charge >= 0.3 is 0 Å². The van der Waals surface area contributed by atoms with E-state index < -0.39 is 0 Å². The molecule has 0 aliphatic carbocycles. The summed E-state index contributed by atoms with van der Waals surface area (Å²) in [6.07, 6.45) is 0. The van der Waals surface area contributed by atoms with Crippen molar-refractivity contribution in [1.29, 1.82) is 0 Å². The van der Waals surface area contributed by atoms with Crippen LogP contribution in [0.1, 0.15) is 4.88 Å². The van der Waals surface area contributed by atoms with Crippen molar-refractivity contribution < 1.29 is 0 Å². The summed E-state index contributed by atoms with van der Waals surface area (Å²) in [4.78, 5) is 3.84. The lowest BCUT2D eigenvalue weighted by molar-refractivity contribution is 0.220. The minimum absolute atomic E-state index is 0.864.